The van der Waals surface area contributed by atoms with Gasteiger partial charge in [0.15, 0.2) is 0 Å². The highest BCUT2D eigenvalue weighted by atomic mass is 32.2. The molecule has 3 nitrogen and oxygen atoms in total. The SMILES string of the molecule is CC(C)c1cccc(S(=O)(=O)[O-])c1C(C)C. The van der Waals surface area contributed by atoms with Gasteiger partial charge in [0.1, 0.15) is 10.1 Å². The average molecular weight is 241 g/mol. The van der Waals surface area contributed by atoms with E-state index in [9.17, 15) is 13.0 Å². The molecule has 16 heavy (non-hydrogen) atoms. The van der Waals surface area contributed by atoms with Crippen LogP contribution in [-0.2, 0) is 10.1 Å². The van der Waals surface area contributed by atoms with Gasteiger partial charge in [0.25, 0.3) is 0 Å². The average Bonchev–Trinajstić information content (AvgIpc) is 2.14. The lowest BCUT2D eigenvalue weighted by molar-refractivity contribution is 0.461. The van der Waals surface area contributed by atoms with Crippen molar-refractivity contribution in [3.05, 3.63) is 29.3 Å². The molecule has 0 aliphatic rings. The maximum absolute atomic E-state index is 11.2. The van der Waals surface area contributed by atoms with Gasteiger partial charge < -0.3 is 4.55 Å². The molecule has 0 spiro atoms. The summed E-state index contributed by atoms with van der Waals surface area (Å²) < 4.78 is 33.5. The normalized spacial score (nSPS) is 12.4. The summed E-state index contributed by atoms with van der Waals surface area (Å²) in [5.74, 6) is 0.233. The Labute approximate surface area is 97.2 Å². The Balaban J connectivity index is 3.58. The van der Waals surface area contributed by atoms with Gasteiger partial charge in [-0.25, -0.2) is 8.42 Å². The third-order valence-corrected chi connectivity index (χ3v) is 3.46. The van der Waals surface area contributed by atoms with E-state index in [0.29, 0.717) is 5.56 Å². The van der Waals surface area contributed by atoms with E-state index in [2.05, 4.69) is 0 Å². The minimum Gasteiger partial charge on any atom is -0.744 e. The first-order valence-corrected chi connectivity index (χ1v) is 6.74. The van der Waals surface area contributed by atoms with Gasteiger partial charge in [0.2, 0.25) is 0 Å². The molecule has 4 heteroatoms. The molecule has 0 saturated heterocycles. The summed E-state index contributed by atoms with van der Waals surface area (Å²) in [6.07, 6.45) is 0. The molecular formula is C12H17O3S-. The summed E-state index contributed by atoms with van der Waals surface area (Å²) in [6.45, 7) is 7.77. The highest BCUT2D eigenvalue weighted by Gasteiger charge is 2.17. The summed E-state index contributed by atoms with van der Waals surface area (Å²) in [4.78, 5) is -0.0753. The van der Waals surface area contributed by atoms with Crippen LogP contribution in [0.25, 0.3) is 0 Å². The molecule has 1 rings (SSSR count). The molecular weight excluding hydrogens is 224 g/mol. The first-order chi connectivity index (χ1) is 7.25. The predicted octanol–water partition coefficient (Wildman–Crippen LogP) is 2.84. The standard InChI is InChI=1S/C12H18O3S/c1-8(2)10-6-5-7-11(16(13,14)15)12(10)9(3)4/h5-9H,1-4H3,(H,13,14,15)/p-1. The van der Waals surface area contributed by atoms with Crippen molar-refractivity contribution in [2.75, 3.05) is 0 Å². The van der Waals surface area contributed by atoms with Crippen LogP contribution in [0, 0.1) is 0 Å². The second kappa shape index (κ2) is 4.55. The van der Waals surface area contributed by atoms with Gasteiger partial charge in [0.05, 0.1) is 4.90 Å². The number of hydrogen-bond acceptors (Lipinski definition) is 3. The van der Waals surface area contributed by atoms with E-state index in [1.165, 1.54) is 6.07 Å². The van der Waals surface area contributed by atoms with Gasteiger partial charge in [-0.05, 0) is 29.0 Å². The lowest BCUT2D eigenvalue weighted by Gasteiger charge is -2.21. The van der Waals surface area contributed by atoms with Crippen molar-refractivity contribution in [1.82, 2.24) is 0 Å². The molecule has 0 radical (unpaired) electrons. The van der Waals surface area contributed by atoms with Gasteiger partial charge in [-0.3, -0.25) is 0 Å². The highest BCUT2D eigenvalue weighted by molar-refractivity contribution is 7.85. The molecule has 0 aromatic heterocycles. The van der Waals surface area contributed by atoms with Gasteiger partial charge in [-0.1, -0.05) is 39.8 Å². The van der Waals surface area contributed by atoms with Crippen LogP contribution in [0.3, 0.4) is 0 Å². The summed E-state index contributed by atoms with van der Waals surface area (Å²) in [6, 6.07) is 4.91. The first kappa shape index (κ1) is 13.2. The van der Waals surface area contributed by atoms with E-state index in [1.54, 1.807) is 6.07 Å². The Morgan fingerprint density at radius 2 is 1.62 bits per heavy atom. The quantitative estimate of drug-likeness (QED) is 0.764. The maximum Gasteiger partial charge on any atom is 0.124 e. The molecule has 0 aliphatic heterocycles. The lowest BCUT2D eigenvalue weighted by atomic mass is 9.91. The largest absolute Gasteiger partial charge is 0.744 e. The third kappa shape index (κ3) is 2.62. The summed E-state index contributed by atoms with van der Waals surface area (Å²) in [5.41, 5.74) is 1.60. The van der Waals surface area contributed by atoms with Crippen LogP contribution in [0.1, 0.15) is 50.7 Å². The third-order valence-electron chi connectivity index (χ3n) is 2.57. The summed E-state index contributed by atoms with van der Waals surface area (Å²) in [7, 11) is -4.38. The molecule has 1 aromatic carbocycles. The van der Waals surface area contributed by atoms with E-state index in [4.69, 9.17) is 0 Å². The number of hydrogen-bond donors (Lipinski definition) is 0. The van der Waals surface area contributed by atoms with E-state index in [0.717, 1.165) is 5.56 Å². The highest BCUT2D eigenvalue weighted by Crippen LogP contribution is 2.31. The van der Waals surface area contributed by atoms with Gasteiger partial charge in [0, 0.05) is 0 Å². The van der Waals surface area contributed by atoms with Crippen molar-refractivity contribution in [3.8, 4) is 0 Å². The van der Waals surface area contributed by atoms with Crippen LogP contribution in [0.15, 0.2) is 23.1 Å². The van der Waals surface area contributed by atoms with Crippen LogP contribution in [0.5, 0.6) is 0 Å². The Morgan fingerprint density at radius 3 is 2.00 bits per heavy atom. The molecule has 0 atom stereocenters. The van der Waals surface area contributed by atoms with E-state index < -0.39 is 10.1 Å². The second-order valence-electron chi connectivity index (χ2n) is 4.52. The van der Waals surface area contributed by atoms with Crippen molar-refractivity contribution in [2.24, 2.45) is 0 Å². The summed E-state index contributed by atoms with van der Waals surface area (Å²) >= 11 is 0. The molecule has 0 bridgehead atoms. The summed E-state index contributed by atoms with van der Waals surface area (Å²) in [5, 5.41) is 0. The first-order valence-electron chi connectivity index (χ1n) is 5.33. The van der Waals surface area contributed by atoms with Crippen LogP contribution < -0.4 is 0 Å². The van der Waals surface area contributed by atoms with Crippen molar-refractivity contribution in [1.29, 1.82) is 0 Å². The smallest absolute Gasteiger partial charge is 0.124 e. The van der Waals surface area contributed by atoms with Crippen LogP contribution in [-0.4, -0.2) is 13.0 Å². The molecule has 0 heterocycles. The van der Waals surface area contributed by atoms with Crippen LogP contribution in [0.4, 0.5) is 0 Å². The molecule has 1 aromatic rings. The van der Waals surface area contributed by atoms with Crippen molar-refractivity contribution in [2.45, 2.75) is 44.4 Å². The molecule has 0 N–H and O–H groups in total. The fourth-order valence-electron chi connectivity index (χ4n) is 1.90. The van der Waals surface area contributed by atoms with Crippen LogP contribution in [0.2, 0.25) is 0 Å². The Kier molecular flexibility index (Phi) is 3.76. The maximum atomic E-state index is 11.2. The molecule has 0 amide bonds. The van der Waals surface area contributed by atoms with E-state index >= 15 is 0 Å². The Morgan fingerprint density at radius 1 is 1.06 bits per heavy atom. The zero-order chi connectivity index (χ0) is 12.5. The molecule has 0 aliphatic carbocycles. The topological polar surface area (TPSA) is 57.2 Å². The fourth-order valence-corrected chi connectivity index (χ4v) is 2.77. The number of rotatable bonds is 3. The Bertz CT molecular complexity index is 473. The number of benzene rings is 1. The second-order valence-corrected chi connectivity index (χ2v) is 5.87. The van der Waals surface area contributed by atoms with Crippen molar-refractivity contribution >= 4 is 10.1 Å². The lowest BCUT2D eigenvalue weighted by Crippen LogP contribution is -2.08. The molecule has 0 fully saturated rings. The van der Waals surface area contributed by atoms with Crippen molar-refractivity contribution < 1.29 is 13.0 Å². The van der Waals surface area contributed by atoms with Crippen molar-refractivity contribution in [3.63, 3.8) is 0 Å². The minimum atomic E-state index is -4.38. The van der Waals surface area contributed by atoms with Gasteiger partial charge in [-0.2, -0.15) is 0 Å². The zero-order valence-corrected chi connectivity index (χ0v) is 10.8. The fraction of sp³-hybridized carbons (Fsp3) is 0.500. The van der Waals surface area contributed by atoms with Gasteiger partial charge >= 0.3 is 0 Å². The molecule has 0 unspecified atom stereocenters. The Hall–Kier alpha value is -0.870. The van der Waals surface area contributed by atoms with Crippen LogP contribution >= 0.6 is 0 Å². The molecule has 0 saturated carbocycles. The minimum absolute atomic E-state index is 0.0253. The zero-order valence-electron chi connectivity index (χ0n) is 10.0. The monoisotopic (exact) mass is 241 g/mol. The van der Waals surface area contributed by atoms with E-state index in [-0.39, 0.29) is 16.7 Å². The van der Waals surface area contributed by atoms with E-state index in [1.807, 2.05) is 33.8 Å². The molecule has 90 valence electrons. The van der Waals surface area contributed by atoms with Gasteiger partial charge in [-0.15, -0.1) is 0 Å². The predicted molar refractivity (Wildman–Crippen MR) is 62.6 cm³/mol.